The Bertz CT molecular complexity index is 742. The smallest absolute Gasteiger partial charge is 0.258 e. The van der Waals surface area contributed by atoms with Gasteiger partial charge in [-0.3, -0.25) is 4.79 Å². The Morgan fingerprint density at radius 3 is 2.42 bits per heavy atom. The Labute approximate surface area is 161 Å². The fraction of sp³-hybridized carbons (Fsp3) is 0.350. The van der Waals surface area contributed by atoms with Crippen LogP contribution in [0.15, 0.2) is 46.9 Å². The number of carbonyl (C=O) groups is 1. The number of rotatable bonds is 7. The van der Waals surface area contributed by atoms with Crippen LogP contribution < -0.4 is 14.8 Å². The number of ether oxygens (including phenoxy) is 2. The average molecular weight is 424 g/mol. The highest BCUT2D eigenvalue weighted by molar-refractivity contribution is 9.10. The van der Waals surface area contributed by atoms with Gasteiger partial charge in [0.05, 0.1) is 11.0 Å². The lowest BCUT2D eigenvalue weighted by Crippen LogP contribution is -2.32. The first-order chi connectivity index (χ1) is 12.3. The van der Waals surface area contributed by atoms with E-state index in [0.717, 1.165) is 4.47 Å². The van der Waals surface area contributed by atoms with Crippen LogP contribution in [0.1, 0.15) is 26.3 Å². The summed E-state index contributed by atoms with van der Waals surface area (Å²) in [4.78, 5) is 11.9. The van der Waals surface area contributed by atoms with Gasteiger partial charge in [-0.1, -0.05) is 26.8 Å². The molecule has 0 aliphatic rings. The van der Waals surface area contributed by atoms with E-state index in [0.29, 0.717) is 24.7 Å². The van der Waals surface area contributed by atoms with Crippen molar-refractivity contribution in [3.63, 3.8) is 0 Å². The third-order valence-corrected chi connectivity index (χ3v) is 4.28. The Balaban J connectivity index is 1.72. The van der Waals surface area contributed by atoms with Crippen LogP contribution in [-0.2, 0) is 10.2 Å². The predicted octanol–water partition coefficient (Wildman–Crippen LogP) is 4.46. The number of nitrogens with one attached hydrogen (secondary N) is 1. The van der Waals surface area contributed by atoms with E-state index in [2.05, 4.69) is 42.0 Å². The third kappa shape index (κ3) is 6.33. The van der Waals surface area contributed by atoms with Gasteiger partial charge in [0, 0.05) is 0 Å². The summed E-state index contributed by atoms with van der Waals surface area (Å²) in [5, 5.41) is 2.71. The minimum Gasteiger partial charge on any atom is -0.492 e. The molecule has 0 aromatic heterocycles. The highest BCUT2D eigenvalue weighted by Gasteiger charge is 2.15. The Hall–Kier alpha value is -2.08. The van der Waals surface area contributed by atoms with Crippen molar-refractivity contribution in [3.05, 3.63) is 58.3 Å². The van der Waals surface area contributed by atoms with Crippen LogP contribution in [0.5, 0.6) is 11.5 Å². The first kappa shape index (κ1) is 20.2. The van der Waals surface area contributed by atoms with E-state index in [4.69, 9.17) is 9.47 Å². The minimum absolute atomic E-state index is 0.0446. The molecule has 4 nitrogen and oxygen atoms in total. The van der Waals surface area contributed by atoms with E-state index >= 15 is 0 Å². The van der Waals surface area contributed by atoms with E-state index < -0.39 is 0 Å². The zero-order valence-electron chi connectivity index (χ0n) is 15.1. The summed E-state index contributed by atoms with van der Waals surface area (Å²) >= 11 is 3.48. The minimum atomic E-state index is -0.315. The molecule has 2 rings (SSSR count). The molecule has 1 N–H and O–H groups in total. The number of carbonyl (C=O) groups excluding carboxylic acids is 1. The van der Waals surface area contributed by atoms with Crippen molar-refractivity contribution >= 4 is 21.8 Å². The van der Waals surface area contributed by atoms with Crippen molar-refractivity contribution in [2.45, 2.75) is 26.2 Å². The monoisotopic (exact) mass is 423 g/mol. The lowest BCUT2D eigenvalue weighted by Gasteiger charge is -2.20. The molecule has 6 heteroatoms. The van der Waals surface area contributed by atoms with Gasteiger partial charge in [-0.05, 0) is 63.3 Å². The van der Waals surface area contributed by atoms with Gasteiger partial charge in [0.2, 0.25) is 0 Å². The van der Waals surface area contributed by atoms with Crippen LogP contribution >= 0.6 is 15.9 Å². The van der Waals surface area contributed by atoms with Gasteiger partial charge in [0.15, 0.2) is 6.61 Å². The van der Waals surface area contributed by atoms with Gasteiger partial charge in [0.1, 0.15) is 23.9 Å². The molecular formula is C20H23BrFNO3. The van der Waals surface area contributed by atoms with Crippen molar-refractivity contribution < 1.29 is 18.7 Å². The third-order valence-electron chi connectivity index (χ3n) is 3.66. The first-order valence-corrected chi connectivity index (χ1v) is 9.13. The standard InChI is InChI=1S/C20H23BrFNO3/c1-20(2,3)14-4-9-18(17(21)12-14)26-13-19(24)23-10-11-25-16-7-5-15(22)6-8-16/h4-9,12H,10-11,13H2,1-3H3,(H,23,24). The molecule has 0 heterocycles. The van der Waals surface area contributed by atoms with Crippen molar-refractivity contribution in [2.75, 3.05) is 19.8 Å². The first-order valence-electron chi connectivity index (χ1n) is 8.33. The molecule has 0 atom stereocenters. The topological polar surface area (TPSA) is 47.6 Å². The van der Waals surface area contributed by atoms with Crippen molar-refractivity contribution in [3.8, 4) is 11.5 Å². The van der Waals surface area contributed by atoms with Crippen LogP contribution in [0.4, 0.5) is 4.39 Å². The normalized spacial score (nSPS) is 11.1. The fourth-order valence-corrected chi connectivity index (χ4v) is 2.66. The SMILES string of the molecule is CC(C)(C)c1ccc(OCC(=O)NCCOc2ccc(F)cc2)c(Br)c1. The van der Waals surface area contributed by atoms with E-state index in [-0.39, 0.29) is 23.7 Å². The molecule has 0 aliphatic carbocycles. The molecule has 2 aromatic carbocycles. The maximum absolute atomic E-state index is 12.8. The average Bonchev–Trinajstić information content (AvgIpc) is 2.58. The van der Waals surface area contributed by atoms with E-state index in [1.54, 1.807) is 12.1 Å². The molecule has 0 aliphatic heterocycles. The Morgan fingerprint density at radius 1 is 1.12 bits per heavy atom. The van der Waals surface area contributed by atoms with Crippen LogP contribution in [-0.4, -0.2) is 25.7 Å². The van der Waals surface area contributed by atoms with Crippen molar-refractivity contribution in [1.29, 1.82) is 0 Å². The molecule has 140 valence electrons. The van der Waals surface area contributed by atoms with Gasteiger partial charge in [-0.25, -0.2) is 4.39 Å². The molecular weight excluding hydrogens is 401 g/mol. The highest BCUT2D eigenvalue weighted by Crippen LogP contribution is 2.31. The second-order valence-electron chi connectivity index (χ2n) is 6.84. The van der Waals surface area contributed by atoms with E-state index in [9.17, 15) is 9.18 Å². The van der Waals surface area contributed by atoms with Gasteiger partial charge < -0.3 is 14.8 Å². The Kier molecular flexibility index (Phi) is 7.03. The van der Waals surface area contributed by atoms with E-state index in [1.165, 1.54) is 17.7 Å². The molecule has 1 amide bonds. The highest BCUT2D eigenvalue weighted by atomic mass is 79.9. The maximum Gasteiger partial charge on any atom is 0.258 e. The second kappa shape index (κ2) is 9.03. The lowest BCUT2D eigenvalue weighted by atomic mass is 9.87. The summed E-state index contributed by atoms with van der Waals surface area (Å²) in [6, 6.07) is 11.6. The van der Waals surface area contributed by atoms with Crippen molar-refractivity contribution in [1.82, 2.24) is 5.32 Å². The summed E-state index contributed by atoms with van der Waals surface area (Å²) in [7, 11) is 0. The molecule has 0 unspecified atom stereocenters. The molecule has 0 fully saturated rings. The fourth-order valence-electron chi connectivity index (χ4n) is 2.17. The quantitative estimate of drug-likeness (QED) is 0.668. The predicted molar refractivity (Wildman–Crippen MR) is 103 cm³/mol. The van der Waals surface area contributed by atoms with Crippen LogP contribution in [0, 0.1) is 5.82 Å². The summed E-state index contributed by atoms with van der Waals surface area (Å²) in [6.07, 6.45) is 0. The second-order valence-corrected chi connectivity index (χ2v) is 7.69. The summed E-state index contributed by atoms with van der Waals surface area (Å²) in [6.45, 7) is 6.96. The van der Waals surface area contributed by atoms with Gasteiger partial charge in [-0.15, -0.1) is 0 Å². The lowest BCUT2D eigenvalue weighted by molar-refractivity contribution is -0.123. The molecule has 0 spiro atoms. The molecule has 0 saturated carbocycles. The summed E-state index contributed by atoms with van der Waals surface area (Å²) < 4.78 is 24.6. The number of hydrogen-bond donors (Lipinski definition) is 1. The van der Waals surface area contributed by atoms with Gasteiger partial charge in [-0.2, -0.15) is 0 Å². The summed E-state index contributed by atoms with van der Waals surface area (Å²) in [5.41, 5.74) is 1.22. The van der Waals surface area contributed by atoms with Gasteiger partial charge in [0.25, 0.3) is 5.91 Å². The zero-order chi connectivity index (χ0) is 19.2. The van der Waals surface area contributed by atoms with E-state index in [1.807, 2.05) is 18.2 Å². The van der Waals surface area contributed by atoms with Crippen LogP contribution in [0.2, 0.25) is 0 Å². The number of hydrogen-bond acceptors (Lipinski definition) is 3. The molecule has 0 saturated heterocycles. The molecule has 2 aromatic rings. The summed E-state index contributed by atoms with van der Waals surface area (Å²) in [5.74, 6) is 0.625. The number of amides is 1. The van der Waals surface area contributed by atoms with Crippen molar-refractivity contribution in [2.24, 2.45) is 0 Å². The maximum atomic E-state index is 12.8. The molecule has 26 heavy (non-hydrogen) atoms. The van der Waals surface area contributed by atoms with Crippen LogP contribution in [0.3, 0.4) is 0 Å². The Morgan fingerprint density at radius 2 is 1.81 bits per heavy atom. The van der Waals surface area contributed by atoms with Gasteiger partial charge >= 0.3 is 0 Å². The molecule has 0 bridgehead atoms. The number of halogens is 2. The zero-order valence-corrected chi connectivity index (χ0v) is 16.7. The molecule has 0 radical (unpaired) electrons. The van der Waals surface area contributed by atoms with Crippen LogP contribution in [0.25, 0.3) is 0 Å². The number of benzene rings is 2. The largest absolute Gasteiger partial charge is 0.492 e.